The Bertz CT molecular complexity index is 418. The van der Waals surface area contributed by atoms with Gasteiger partial charge < -0.3 is 10.0 Å². The van der Waals surface area contributed by atoms with Crippen molar-refractivity contribution in [2.24, 2.45) is 0 Å². The summed E-state index contributed by atoms with van der Waals surface area (Å²) in [6.45, 7) is 2.05. The first-order valence-electron chi connectivity index (χ1n) is 6.04. The van der Waals surface area contributed by atoms with E-state index in [0.29, 0.717) is 6.42 Å². The molecule has 0 heterocycles. The monoisotopic (exact) mass is 279 g/mol. The fourth-order valence-corrected chi connectivity index (χ4v) is 1.99. The van der Waals surface area contributed by atoms with Gasteiger partial charge in [0, 0.05) is 17.8 Å². The lowest BCUT2D eigenvalue weighted by Gasteiger charge is -2.28. The van der Waals surface area contributed by atoms with Crippen molar-refractivity contribution in [3.8, 4) is 0 Å². The molecule has 0 saturated heterocycles. The molecule has 0 saturated carbocycles. The summed E-state index contributed by atoms with van der Waals surface area (Å²) < 4.78 is 51.3. The summed E-state index contributed by atoms with van der Waals surface area (Å²) in [5, 5.41) is 9.55. The van der Waals surface area contributed by atoms with Crippen molar-refractivity contribution >= 4 is 5.69 Å². The highest BCUT2D eigenvalue weighted by molar-refractivity contribution is 5.55. The minimum absolute atomic E-state index is 0.0918. The number of anilines is 1. The molecular formula is C13H17F4NO. The van der Waals surface area contributed by atoms with Crippen LogP contribution in [0.2, 0.25) is 0 Å². The van der Waals surface area contributed by atoms with Crippen LogP contribution < -0.4 is 4.90 Å². The molecule has 6 heteroatoms. The number of hydrogen-bond acceptors (Lipinski definition) is 2. The quantitative estimate of drug-likeness (QED) is 0.831. The second kappa shape index (κ2) is 6.23. The first kappa shape index (κ1) is 15.8. The topological polar surface area (TPSA) is 23.5 Å². The van der Waals surface area contributed by atoms with Gasteiger partial charge in [0.1, 0.15) is 12.4 Å². The molecule has 0 bridgehead atoms. The van der Waals surface area contributed by atoms with Crippen LogP contribution in [0.4, 0.5) is 23.2 Å². The van der Waals surface area contributed by atoms with E-state index in [9.17, 15) is 22.7 Å². The van der Waals surface area contributed by atoms with E-state index in [-0.39, 0.29) is 17.8 Å². The van der Waals surface area contributed by atoms with Gasteiger partial charge in [0.25, 0.3) is 0 Å². The van der Waals surface area contributed by atoms with Crippen molar-refractivity contribution in [3.63, 3.8) is 0 Å². The molecule has 1 rings (SSSR count). The third-order valence-corrected chi connectivity index (χ3v) is 2.65. The molecule has 0 unspecified atom stereocenters. The molecule has 1 aromatic carbocycles. The van der Waals surface area contributed by atoms with Crippen LogP contribution in [0.15, 0.2) is 18.2 Å². The molecule has 0 aromatic heterocycles. The van der Waals surface area contributed by atoms with Crippen molar-refractivity contribution in [2.75, 3.05) is 18.0 Å². The van der Waals surface area contributed by atoms with E-state index in [2.05, 4.69) is 0 Å². The largest absolute Gasteiger partial charge is 0.405 e. The maximum atomic E-state index is 13.7. The normalized spacial score (nSPS) is 13.4. The summed E-state index contributed by atoms with van der Waals surface area (Å²) in [5.74, 6) is -0.698. The average Bonchev–Trinajstić information content (AvgIpc) is 2.25. The van der Waals surface area contributed by atoms with Crippen LogP contribution in [0, 0.1) is 5.82 Å². The van der Waals surface area contributed by atoms with E-state index in [0.717, 1.165) is 11.0 Å². The highest BCUT2D eigenvalue weighted by Crippen LogP contribution is 2.31. The Morgan fingerprint density at radius 3 is 2.42 bits per heavy atom. The SMILES string of the molecule is CCCN(CC(F)(F)F)c1cccc(F)c1[C@@H](C)O. The molecule has 1 N–H and O–H groups in total. The molecule has 0 amide bonds. The van der Waals surface area contributed by atoms with Crippen molar-refractivity contribution in [1.82, 2.24) is 0 Å². The maximum Gasteiger partial charge on any atom is 0.405 e. The van der Waals surface area contributed by atoms with Gasteiger partial charge >= 0.3 is 6.18 Å². The Balaban J connectivity index is 3.18. The summed E-state index contributed by atoms with van der Waals surface area (Å²) in [4.78, 5) is 1.05. The summed E-state index contributed by atoms with van der Waals surface area (Å²) in [6.07, 6.45) is -5.05. The van der Waals surface area contributed by atoms with Gasteiger partial charge in [-0.1, -0.05) is 13.0 Å². The molecule has 0 fully saturated rings. The third kappa shape index (κ3) is 4.38. The molecule has 2 nitrogen and oxygen atoms in total. The maximum absolute atomic E-state index is 13.7. The first-order valence-corrected chi connectivity index (χ1v) is 6.04. The van der Waals surface area contributed by atoms with Gasteiger partial charge in [0.15, 0.2) is 0 Å². The molecule has 0 aliphatic carbocycles. The Morgan fingerprint density at radius 2 is 1.95 bits per heavy atom. The summed E-state index contributed by atoms with van der Waals surface area (Å²) in [7, 11) is 0. The summed E-state index contributed by atoms with van der Waals surface area (Å²) in [5.41, 5.74) is -0.00521. The van der Waals surface area contributed by atoms with E-state index in [1.165, 1.54) is 19.1 Å². The van der Waals surface area contributed by atoms with Crippen LogP contribution in [-0.4, -0.2) is 24.4 Å². The minimum atomic E-state index is -4.38. The number of benzene rings is 1. The Hall–Kier alpha value is -1.30. The fraction of sp³-hybridized carbons (Fsp3) is 0.538. The lowest BCUT2D eigenvalue weighted by molar-refractivity contribution is -0.119. The number of rotatable bonds is 5. The van der Waals surface area contributed by atoms with Crippen LogP contribution in [0.3, 0.4) is 0 Å². The molecule has 1 aromatic rings. The number of nitrogens with zero attached hydrogens (tertiary/aromatic N) is 1. The molecule has 108 valence electrons. The predicted molar refractivity (Wildman–Crippen MR) is 65.6 cm³/mol. The Labute approximate surface area is 109 Å². The molecular weight excluding hydrogens is 262 g/mol. The van der Waals surface area contributed by atoms with Crippen LogP contribution >= 0.6 is 0 Å². The highest BCUT2D eigenvalue weighted by Gasteiger charge is 2.32. The van der Waals surface area contributed by atoms with Crippen LogP contribution in [0.1, 0.15) is 31.9 Å². The second-order valence-electron chi connectivity index (χ2n) is 4.39. The molecule has 0 aliphatic heterocycles. The van der Waals surface area contributed by atoms with Crippen molar-refractivity contribution < 1.29 is 22.7 Å². The third-order valence-electron chi connectivity index (χ3n) is 2.65. The zero-order valence-electron chi connectivity index (χ0n) is 10.8. The van der Waals surface area contributed by atoms with Gasteiger partial charge in [-0.25, -0.2) is 4.39 Å². The minimum Gasteiger partial charge on any atom is -0.389 e. The van der Waals surface area contributed by atoms with Gasteiger partial charge in [-0.05, 0) is 25.5 Å². The second-order valence-corrected chi connectivity index (χ2v) is 4.39. The van der Waals surface area contributed by atoms with Gasteiger partial charge in [-0.2, -0.15) is 13.2 Å². The van der Waals surface area contributed by atoms with Gasteiger partial charge in [-0.3, -0.25) is 0 Å². The van der Waals surface area contributed by atoms with Crippen molar-refractivity contribution in [3.05, 3.63) is 29.6 Å². The van der Waals surface area contributed by atoms with Crippen molar-refractivity contribution in [2.45, 2.75) is 32.5 Å². The molecule has 0 radical (unpaired) electrons. The zero-order valence-corrected chi connectivity index (χ0v) is 10.8. The molecule has 0 aliphatic rings. The van der Waals surface area contributed by atoms with E-state index in [1.807, 2.05) is 0 Å². The standard InChI is InChI=1S/C13H17F4NO/c1-3-7-18(8-13(15,16)17)11-6-4-5-10(14)12(11)9(2)19/h4-6,9,19H,3,7-8H2,1-2H3/t9-/m1/s1. The first-order chi connectivity index (χ1) is 8.76. The molecule has 1 atom stereocenters. The number of alkyl halides is 3. The van der Waals surface area contributed by atoms with Crippen LogP contribution in [0.5, 0.6) is 0 Å². The summed E-state index contributed by atoms with van der Waals surface area (Å²) >= 11 is 0. The number of hydrogen-bond donors (Lipinski definition) is 1. The average molecular weight is 279 g/mol. The highest BCUT2D eigenvalue weighted by atomic mass is 19.4. The van der Waals surface area contributed by atoms with Crippen LogP contribution in [-0.2, 0) is 0 Å². The van der Waals surface area contributed by atoms with E-state index in [1.54, 1.807) is 6.92 Å². The van der Waals surface area contributed by atoms with Crippen LogP contribution in [0.25, 0.3) is 0 Å². The lowest BCUT2D eigenvalue weighted by atomic mass is 10.1. The molecule has 0 spiro atoms. The Kier molecular flexibility index (Phi) is 5.17. The number of halogens is 4. The van der Waals surface area contributed by atoms with Gasteiger partial charge in [-0.15, -0.1) is 0 Å². The fourth-order valence-electron chi connectivity index (χ4n) is 1.99. The predicted octanol–water partition coefficient (Wildman–Crippen LogP) is 3.66. The number of aliphatic hydroxyl groups excluding tert-OH is 1. The summed E-state index contributed by atoms with van der Waals surface area (Å²) in [6, 6.07) is 3.87. The lowest BCUT2D eigenvalue weighted by Crippen LogP contribution is -2.35. The van der Waals surface area contributed by atoms with Gasteiger partial charge in [0.05, 0.1) is 6.10 Å². The smallest absolute Gasteiger partial charge is 0.389 e. The van der Waals surface area contributed by atoms with Gasteiger partial charge in [0.2, 0.25) is 0 Å². The Morgan fingerprint density at radius 1 is 1.32 bits per heavy atom. The molecule has 19 heavy (non-hydrogen) atoms. The zero-order chi connectivity index (χ0) is 14.6. The van der Waals surface area contributed by atoms with E-state index in [4.69, 9.17) is 0 Å². The van der Waals surface area contributed by atoms with Crippen molar-refractivity contribution in [1.29, 1.82) is 0 Å². The number of aliphatic hydroxyl groups is 1. The van der Waals surface area contributed by atoms with E-state index >= 15 is 0 Å². The van der Waals surface area contributed by atoms with E-state index < -0.39 is 24.6 Å².